The van der Waals surface area contributed by atoms with Crippen molar-refractivity contribution in [3.05, 3.63) is 27.2 Å². The van der Waals surface area contributed by atoms with Gasteiger partial charge in [-0.05, 0) is 12.8 Å². The molecule has 0 aliphatic heterocycles. The van der Waals surface area contributed by atoms with Crippen LogP contribution in [0.2, 0.25) is 0 Å². The second-order valence-corrected chi connectivity index (χ2v) is 5.75. The number of aromatic nitrogens is 4. The van der Waals surface area contributed by atoms with Gasteiger partial charge in [-0.15, -0.1) is 6.42 Å². The number of ketones is 1. The number of carbonyl (C=O) groups is 1. The molecule has 0 aromatic carbocycles. The van der Waals surface area contributed by atoms with Crippen molar-refractivity contribution in [2.45, 2.75) is 52.1 Å². The summed E-state index contributed by atoms with van der Waals surface area (Å²) in [4.78, 5) is 40.2. The van der Waals surface area contributed by atoms with Gasteiger partial charge < -0.3 is 4.57 Å². The van der Waals surface area contributed by atoms with Gasteiger partial charge in [0.25, 0.3) is 5.56 Å². The van der Waals surface area contributed by atoms with Gasteiger partial charge in [0.05, 0.1) is 12.9 Å². The molecule has 7 nitrogen and oxygen atoms in total. The van der Waals surface area contributed by atoms with E-state index in [0.29, 0.717) is 30.6 Å². The van der Waals surface area contributed by atoms with E-state index in [1.807, 2.05) is 6.92 Å². The highest BCUT2D eigenvalue weighted by molar-refractivity contribution is 5.77. The number of hydrogen-bond donors (Lipinski definition) is 0. The number of Topliss-reactive ketones (excluding diaryl/α,β-unsaturated/α-hetero) is 1. The van der Waals surface area contributed by atoms with Crippen LogP contribution in [0, 0.1) is 12.3 Å². The number of nitrogens with zero attached hydrogens (tertiary/aromatic N) is 4. The van der Waals surface area contributed by atoms with Crippen LogP contribution in [-0.2, 0) is 24.9 Å². The van der Waals surface area contributed by atoms with Crippen LogP contribution in [-0.4, -0.2) is 24.5 Å². The van der Waals surface area contributed by atoms with Crippen LogP contribution in [0.3, 0.4) is 0 Å². The topological polar surface area (TPSA) is 78.9 Å². The Bertz CT molecular complexity index is 895. The quantitative estimate of drug-likeness (QED) is 0.536. The number of carbonyl (C=O) groups excluding carboxylic acids is 1. The molecule has 2 aromatic heterocycles. The first-order chi connectivity index (χ1) is 11.5. The largest absolute Gasteiger partial charge is 0.333 e. The smallest absolute Gasteiger partial charge is 0.325 e. The number of unbranched alkanes of at least 4 members (excludes halogenated alkanes) is 2. The molecule has 24 heavy (non-hydrogen) atoms. The highest BCUT2D eigenvalue weighted by Gasteiger charge is 2.15. The van der Waals surface area contributed by atoms with E-state index in [4.69, 9.17) is 6.42 Å². The Hall–Kier alpha value is -2.62. The van der Waals surface area contributed by atoms with Gasteiger partial charge in [0, 0.05) is 26.4 Å². The van der Waals surface area contributed by atoms with Crippen LogP contribution in [0.15, 0.2) is 15.9 Å². The summed E-state index contributed by atoms with van der Waals surface area (Å²) in [5.41, 5.74) is -0.130. The molecule has 0 bridgehead atoms. The molecule has 0 radical (unpaired) electrons. The summed E-state index contributed by atoms with van der Waals surface area (Å²) in [5, 5.41) is 0. The lowest BCUT2D eigenvalue weighted by Crippen LogP contribution is -2.39. The zero-order chi connectivity index (χ0) is 17.7. The third kappa shape index (κ3) is 3.48. The van der Waals surface area contributed by atoms with Crippen LogP contribution in [0.5, 0.6) is 0 Å². The molecule has 0 spiro atoms. The summed E-state index contributed by atoms with van der Waals surface area (Å²) < 4.78 is 4.14. The average molecular weight is 330 g/mol. The summed E-state index contributed by atoms with van der Waals surface area (Å²) in [6.45, 7) is 2.41. The normalized spacial score (nSPS) is 10.9. The van der Waals surface area contributed by atoms with Crippen LogP contribution >= 0.6 is 0 Å². The highest BCUT2D eigenvalue weighted by atomic mass is 16.2. The first-order valence-electron chi connectivity index (χ1n) is 8.11. The van der Waals surface area contributed by atoms with Crippen molar-refractivity contribution in [1.29, 1.82) is 0 Å². The molecule has 2 heterocycles. The maximum Gasteiger partial charge on any atom is 0.333 e. The summed E-state index contributed by atoms with van der Waals surface area (Å²) in [6, 6.07) is 0. The van der Waals surface area contributed by atoms with Gasteiger partial charge in [0.2, 0.25) is 0 Å². The Morgan fingerprint density at radius 2 is 2.04 bits per heavy atom. The minimum absolute atomic E-state index is 0.0637. The van der Waals surface area contributed by atoms with Gasteiger partial charge in [-0.2, -0.15) is 0 Å². The van der Waals surface area contributed by atoms with Crippen molar-refractivity contribution >= 4 is 16.9 Å². The molecule has 0 amide bonds. The molecule has 0 aliphatic carbocycles. The fourth-order valence-electron chi connectivity index (χ4n) is 2.68. The van der Waals surface area contributed by atoms with Gasteiger partial charge in [-0.25, -0.2) is 14.3 Å². The molecule has 2 rings (SSSR count). The van der Waals surface area contributed by atoms with Crippen molar-refractivity contribution in [1.82, 2.24) is 18.7 Å². The minimum atomic E-state index is -0.464. The van der Waals surface area contributed by atoms with Crippen molar-refractivity contribution in [2.75, 3.05) is 0 Å². The van der Waals surface area contributed by atoms with E-state index in [9.17, 15) is 14.4 Å². The van der Waals surface area contributed by atoms with Crippen molar-refractivity contribution in [3.63, 3.8) is 0 Å². The lowest BCUT2D eigenvalue weighted by molar-refractivity contribution is -0.118. The number of hydrogen-bond acceptors (Lipinski definition) is 4. The molecule has 0 saturated carbocycles. The fraction of sp³-hybridized carbons (Fsp3) is 0.529. The number of imidazole rings is 1. The fourth-order valence-corrected chi connectivity index (χ4v) is 2.68. The summed E-state index contributed by atoms with van der Waals surface area (Å²) >= 11 is 0. The van der Waals surface area contributed by atoms with Crippen LogP contribution < -0.4 is 11.2 Å². The summed E-state index contributed by atoms with van der Waals surface area (Å²) in [7, 11) is 1.57. The molecule has 0 atom stereocenters. The molecule has 128 valence electrons. The van der Waals surface area contributed by atoms with Gasteiger partial charge >= 0.3 is 5.69 Å². The first-order valence-corrected chi connectivity index (χ1v) is 8.11. The average Bonchev–Trinajstić information content (AvgIpc) is 3.00. The summed E-state index contributed by atoms with van der Waals surface area (Å²) in [5.74, 6) is 2.61. The van der Waals surface area contributed by atoms with Gasteiger partial charge in [0.15, 0.2) is 11.2 Å². The van der Waals surface area contributed by atoms with Crippen LogP contribution in [0.1, 0.15) is 39.0 Å². The van der Waals surface area contributed by atoms with Gasteiger partial charge in [-0.1, -0.05) is 19.3 Å². The zero-order valence-electron chi connectivity index (χ0n) is 14.1. The maximum atomic E-state index is 12.5. The SMILES string of the molecule is C#CCn1c(=O)c2c(ncn2CCCCCC(=O)CC)n(C)c1=O. The minimum Gasteiger partial charge on any atom is -0.325 e. The number of terminal acetylenes is 1. The molecule has 0 saturated heterocycles. The molecule has 0 aliphatic rings. The van der Waals surface area contributed by atoms with E-state index >= 15 is 0 Å². The molecule has 0 unspecified atom stereocenters. The number of aryl methyl sites for hydroxylation is 2. The predicted octanol–water partition coefficient (Wildman–Crippen LogP) is 1.07. The molecule has 0 N–H and O–H groups in total. The molecule has 7 heteroatoms. The van der Waals surface area contributed by atoms with Crippen molar-refractivity contribution < 1.29 is 4.79 Å². The van der Waals surface area contributed by atoms with E-state index in [2.05, 4.69) is 10.9 Å². The second-order valence-electron chi connectivity index (χ2n) is 5.75. The second kappa shape index (κ2) is 7.77. The van der Waals surface area contributed by atoms with E-state index in [0.717, 1.165) is 23.8 Å². The number of fused-ring (bicyclic) bond motifs is 1. The monoisotopic (exact) mass is 330 g/mol. The number of rotatable bonds is 8. The zero-order valence-corrected chi connectivity index (χ0v) is 14.1. The Kier molecular flexibility index (Phi) is 5.74. The van der Waals surface area contributed by atoms with Crippen LogP contribution in [0.25, 0.3) is 11.2 Å². The third-order valence-electron chi connectivity index (χ3n) is 4.10. The maximum absolute atomic E-state index is 12.5. The molecular formula is C17H22N4O3. The lowest BCUT2D eigenvalue weighted by Gasteiger charge is -2.08. The molecular weight excluding hydrogens is 308 g/mol. The Labute approximate surface area is 139 Å². The van der Waals surface area contributed by atoms with Gasteiger partial charge in [-0.3, -0.25) is 14.2 Å². The Morgan fingerprint density at radius 1 is 1.29 bits per heavy atom. The summed E-state index contributed by atoms with van der Waals surface area (Å²) in [6.07, 6.45) is 10.6. The molecule has 2 aromatic rings. The van der Waals surface area contributed by atoms with E-state index in [1.54, 1.807) is 17.9 Å². The Balaban J connectivity index is 2.21. The van der Waals surface area contributed by atoms with Gasteiger partial charge in [0.1, 0.15) is 5.78 Å². The first kappa shape index (κ1) is 17.7. The predicted molar refractivity (Wildman–Crippen MR) is 91.8 cm³/mol. The van der Waals surface area contributed by atoms with Crippen molar-refractivity contribution in [2.24, 2.45) is 7.05 Å². The Morgan fingerprint density at radius 3 is 2.71 bits per heavy atom. The lowest BCUT2D eigenvalue weighted by atomic mass is 10.1. The van der Waals surface area contributed by atoms with Crippen LogP contribution in [0.4, 0.5) is 0 Å². The third-order valence-corrected chi connectivity index (χ3v) is 4.10. The molecule has 0 fully saturated rings. The van der Waals surface area contributed by atoms with E-state index in [-0.39, 0.29) is 12.3 Å². The van der Waals surface area contributed by atoms with E-state index < -0.39 is 11.2 Å². The standard InChI is InChI=1S/C17H22N4O3/c1-4-10-21-16(23)14-15(19(3)17(21)24)18-12-20(14)11-8-6-7-9-13(22)5-2/h1,12H,5-11H2,2-3H3. The van der Waals surface area contributed by atoms with Crippen molar-refractivity contribution in [3.8, 4) is 12.3 Å². The highest BCUT2D eigenvalue weighted by Crippen LogP contribution is 2.09. The van der Waals surface area contributed by atoms with E-state index in [1.165, 1.54) is 4.57 Å².